The Morgan fingerprint density at radius 3 is 2.40 bits per heavy atom. The molecule has 2 heterocycles. The van der Waals surface area contributed by atoms with Crippen molar-refractivity contribution in [3.63, 3.8) is 0 Å². The summed E-state index contributed by atoms with van der Waals surface area (Å²) in [5, 5.41) is 0.461. The highest BCUT2D eigenvalue weighted by atomic mass is 32.1. The van der Waals surface area contributed by atoms with Crippen LogP contribution < -0.4 is 4.90 Å². The molecule has 1 aliphatic heterocycles. The summed E-state index contributed by atoms with van der Waals surface area (Å²) in [6.45, 7) is 3.21. The van der Waals surface area contributed by atoms with Gasteiger partial charge in [-0.15, -0.1) is 11.3 Å². The van der Waals surface area contributed by atoms with Crippen molar-refractivity contribution in [3.05, 3.63) is 70.7 Å². The van der Waals surface area contributed by atoms with Gasteiger partial charge in [0.15, 0.2) is 5.78 Å². The van der Waals surface area contributed by atoms with E-state index >= 15 is 0 Å². The summed E-state index contributed by atoms with van der Waals surface area (Å²) >= 11 is 1.16. The lowest BCUT2D eigenvalue weighted by Crippen LogP contribution is -2.48. The summed E-state index contributed by atoms with van der Waals surface area (Å²) in [6.07, 6.45) is 1.47. The second-order valence-electron chi connectivity index (χ2n) is 7.01. The fraction of sp³-hybridized carbons (Fsp3) is 0.227. The minimum Gasteiger partial charge on any atom is -0.366 e. The number of ketones is 1. The highest BCUT2D eigenvalue weighted by molar-refractivity contribution is 7.16. The average molecular weight is 427 g/mol. The second-order valence-corrected chi connectivity index (χ2v) is 8.04. The number of anilines is 1. The number of carbonyl (C=O) groups is 2. The van der Waals surface area contributed by atoms with E-state index in [9.17, 15) is 18.4 Å². The number of nitrogens with zero attached hydrogens (tertiary/aromatic N) is 3. The van der Waals surface area contributed by atoms with Crippen LogP contribution in [0.15, 0.2) is 48.7 Å². The maximum atomic E-state index is 14.4. The third-order valence-corrected chi connectivity index (χ3v) is 6.10. The summed E-state index contributed by atoms with van der Waals surface area (Å²) in [6, 6.07) is 10.8. The number of rotatable bonds is 4. The van der Waals surface area contributed by atoms with Crippen LogP contribution in [0.5, 0.6) is 0 Å². The zero-order valence-corrected chi connectivity index (χ0v) is 17.1. The quantitative estimate of drug-likeness (QED) is 0.584. The Balaban J connectivity index is 1.43. The molecule has 1 fully saturated rings. The van der Waals surface area contributed by atoms with Gasteiger partial charge in [0.25, 0.3) is 5.91 Å². The lowest BCUT2D eigenvalue weighted by molar-refractivity contribution is 0.0751. The molecule has 154 valence electrons. The molecule has 5 nitrogen and oxygen atoms in total. The summed E-state index contributed by atoms with van der Waals surface area (Å²) < 4.78 is 28.4. The van der Waals surface area contributed by atoms with E-state index in [0.717, 1.165) is 11.3 Å². The summed E-state index contributed by atoms with van der Waals surface area (Å²) in [5.41, 5.74) is 1.13. The SMILES string of the molecule is CC(=O)c1ccc(N2CCN(C(=O)c3cnc(-c4ccccc4F)s3)CC2)c(F)c1. The normalized spacial score (nSPS) is 14.1. The lowest BCUT2D eigenvalue weighted by Gasteiger charge is -2.36. The van der Waals surface area contributed by atoms with Crippen molar-refractivity contribution >= 4 is 28.7 Å². The highest BCUT2D eigenvalue weighted by Gasteiger charge is 2.25. The van der Waals surface area contributed by atoms with Crippen molar-refractivity contribution in [3.8, 4) is 10.6 Å². The molecule has 0 radical (unpaired) electrons. The van der Waals surface area contributed by atoms with E-state index in [1.807, 2.05) is 4.90 Å². The molecule has 3 aromatic rings. The van der Waals surface area contributed by atoms with Crippen LogP contribution in [-0.2, 0) is 0 Å². The van der Waals surface area contributed by atoms with Gasteiger partial charge in [0.1, 0.15) is 21.5 Å². The topological polar surface area (TPSA) is 53.5 Å². The molecule has 0 aliphatic carbocycles. The standard InChI is InChI=1S/C22H19F2N3O2S/c1-14(28)15-6-7-19(18(24)12-15)26-8-10-27(11-9-26)22(29)20-13-25-21(30-20)16-4-2-3-5-17(16)23/h2-7,12-13H,8-11H2,1H3. The number of halogens is 2. The fourth-order valence-corrected chi connectivity index (χ4v) is 4.33. The number of aromatic nitrogens is 1. The Bertz CT molecular complexity index is 1110. The van der Waals surface area contributed by atoms with E-state index in [1.165, 1.54) is 25.3 Å². The molecule has 4 rings (SSSR count). The van der Waals surface area contributed by atoms with E-state index in [2.05, 4.69) is 4.98 Å². The number of piperazine rings is 1. The van der Waals surface area contributed by atoms with Crippen LogP contribution in [0.25, 0.3) is 10.6 Å². The monoisotopic (exact) mass is 427 g/mol. The molecule has 0 unspecified atom stereocenters. The first-order chi connectivity index (χ1) is 14.4. The first-order valence-corrected chi connectivity index (χ1v) is 10.3. The molecule has 1 aromatic heterocycles. The van der Waals surface area contributed by atoms with Gasteiger partial charge in [0.2, 0.25) is 0 Å². The molecule has 1 saturated heterocycles. The molecule has 0 atom stereocenters. The van der Waals surface area contributed by atoms with Gasteiger partial charge in [-0.05, 0) is 37.3 Å². The first-order valence-electron chi connectivity index (χ1n) is 9.49. The van der Waals surface area contributed by atoms with E-state index in [4.69, 9.17) is 0 Å². The molecular weight excluding hydrogens is 408 g/mol. The molecule has 1 aliphatic rings. The van der Waals surface area contributed by atoms with Crippen LogP contribution in [0.3, 0.4) is 0 Å². The number of hydrogen-bond donors (Lipinski definition) is 0. The van der Waals surface area contributed by atoms with Crippen molar-refractivity contribution < 1.29 is 18.4 Å². The lowest BCUT2D eigenvalue weighted by atomic mass is 10.1. The van der Waals surface area contributed by atoms with Gasteiger partial charge in [-0.3, -0.25) is 9.59 Å². The van der Waals surface area contributed by atoms with Crippen molar-refractivity contribution in [2.24, 2.45) is 0 Å². The van der Waals surface area contributed by atoms with Gasteiger partial charge in [-0.2, -0.15) is 0 Å². The minimum absolute atomic E-state index is 0.165. The zero-order chi connectivity index (χ0) is 21.3. The first kappa shape index (κ1) is 20.2. The number of hydrogen-bond acceptors (Lipinski definition) is 5. The molecule has 0 saturated carbocycles. The van der Waals surface area contributed by atoms with Gasteiger partial charge < -0.3 is 9.80 Å². The van der Waals surface area contributed by atoms with Crippen LogP contribution in [-0.4, -0.2) is 47.8 Å². The van der Waals surface area contributed by atoms with Crippen molar-refractivity contribution in [2.45, 2.75) is 6.92 Å². The van der Waals surface area contributed by atoms with Crippen molar-refractivity contribution in [2.75, 3.05) is 31.1 Å². The molecule has 1 amide bonds. The number of amides is 1. The largest absolute Gasteiger partial charge is 0.366 e. The smallest absolute Gasteiger partial charge is 0.265 e. The van der Waals surface area contributed by atoms with E-state index < -0.39 is 5.82 Å². The van der Waals surface area contributed by atoms with Gasteiger partial charge in [-0.25, -0.2) is 13.8 Å². The van der Waals surface area contributed by atoms with Gasteiger partial charge >= 0.3 is 0 Å². The Morgan fingerprint density at radius 2 is 1.73 bits per heavy atom. The molecule has 0 spiro atoms. The Morgan fingerprint density at radius 1 is 1.00 bits per heavy atom. The van der Waals surface area contributed by atoms with Crippen LogP contribution >= 0.6 is 11.3 Å². The van der Waals surface area contributed by atoms with Crippen molar-refractivity contribution in [1.29, 1.82) is 0 Å². The second kappa shape index (κ2) is 8.31. The molecule has 0 bridgehead atoms. The summed E-state index contributed by atoms with van der Waals surface area (Å²) in [5.74, 6) is -1.17. The number of benzene rings is 2. The van der Waals surface area contributed by atoms with Crippen LogP contribution in [0.2, 0.25) is 0 Å². The van der Waals surface area contributed by atoms with Gasteiger partial charge in [-0.1, -0.05) is 12.1 Å². The van der Waals surface area contributed by atoms with Crippen molar-refractivity contribution in [1.82, 2.24) is 9.88 Å². The predicted molar refractivity (Wildman–Crippen MR) is 112 cm³/mol. The molecule has 30 heavy (non-hydrogen) atoms. The Labute approximate surface area is 176 Å². The van der Waals surface area contributed by atoms with Gasteiger partial charge in [0.05, 0.1) is 11.9 Å². The third-order valence-electron chi connectivity index (χ3n) is 5.08. The maximum absolute atomic E-state index is 14.4. The van der Waals surface area contributed by atoms with Crippen LogP contribution in [0.4, 0.5) is 14.5 Å². The van der Waals surface area contributed by atoms with E-state index in [1.54, 1.807) is 35.2 Å². The van der Waals surface area contributed by atoms with Crippen LogP contribution in [0, 0.1) is 11.6 Å². The summed E-state index contributed by atoms with van der Waals surface area (Å²) in [4.78, 5) is 32.4. The Hall–Kier alpha value is -3.13. The van der Waals surface area contributed by atoms with Crippen LogP contribution in [0.1, 0.15) is 27.0 Å². The molecule has 0 N–H and O–H groups in total. The molecular formula is C22H19F2N3O2S. The fourth-order valence-electron chi connectivity index (χ4n) is 3.42. The average Bonchev–Trinajstić information content (AvgIpc) is 3.23. The highest BCUT2D eigenvalue weighted by Crippen LogP contribution is 2.29. The number of carbonyl (C=O) groups excluding carboxylic acids is 2. The Kier molecular flexibility index (Phi) is 5.59. The number of thiazole rings is 1. The predicted octanol–water partition coefficient (Wildman–Crippen LogP) is 4.25. The molecule has 8 heteroatoms. The molecule has 2 aromatic carbocycles. The van der Waals surface area contributed by atoms with Gasteiger partial charge in [0, 0.05) is 37.3 Å². The third kappa shape index (κ3) is 3.95. The number of Topliss-reactive ketones (excluding diaryl/α,β-unsaturated/α-hetero) is 1. The van der Waals surface area contributed by atoms with E-state index in [-0.39, 0.29) is 17.5 Å². The van der Waals surface area contributed by atoms with E-state index in [0.29, 0.717) is 52.9 Å². The minimum atomic E-state index is -0.445. The maximum Gasteiger partial charge on any atom is 0.265 e. The zero-order valence-electron chi connectivity index (χ0n) is 16.3. The summed E-state index contributed by atoms with van der Waals surface area (Å²) in [7, 11) is 0.